The van der Waals surface area contributed by atoms with Crippen molar-refractivity contribution in [2.24, 2.45) is 5.92 Å². The summed E-state index contributed by atoms with van der Waals surface area (Å²) in [4.78, 5) is 25.8. The monoisotopic (exact) mass is 382 g/mol. The first-order valence-corrected chi connectivity index (χ1v) is 8.84. The van der Waals surface area contributed by atoms with Crippen LogP contribution in [0.2, 0.25) is 0 Å². The lowest BCUT2D eigenvalue weighted by atomic mass is 10.1. The fraction of sp³-hybridized carbons (Fsp3) is 0.286. The predicted molar refractivity (Wildman–Crippen MR) is 99.2 cm³/mol. The zero-order chi connectivity index (χ0) is 20.1. The molecule has 7 heteroatoms. The molecular formula is C21H19FN2O4. The van der Waals surface area contributed by atoms with Gasteiger partial charge in [-0.25, -0.2) is 4.39 Å². The van der Waals surface area contributed by atoms with E-state index in [-0.39, 0.29) is 32.1 Å². The van der Waals surface area contributed by atoms with E-state index in [4.69, 9.17) is 14.7 Å². The van der Waals surface area contributed by atoms with Crippen LogP contribution in [-0.4, -0.2) is 31.6 Å². The molecule has 0 aromatic heterocycles. The van der Waals surface area contributed by atoms with Gasteiger partial charge in [0.2, 0.25) is 5.91 Å². The summed E-state index contributed by atoms with van der Waals surface area (Å²) in [6, 6.07) is 13.2. The molecule has 0 N–H and O–H groups in total. The number of anilines is 1. The first-order chi connectivity index (χ1) is 13.5. The van der Waals surface area contributed by atoms with Crippen LogP contribution in [0.25, 0.3) is 0 Å². The van der Waals surface area contributed by atoms with Gasteiger partial charge < -0.3 is 14.4 Å². The summed E-state index contributed by atoms with van der Waals surface area (Å²) in [6.07, 6.45) is 0.0325. The molecule has 1 fully saturated rings. The van der Waals surface area contributed by atoms with Gasteiger partial charge in [-0.2, -0.15) is 5.26 Å². The molecule has 1 aliphatic rings. The number of carbonyl (C=O) groups excluding carboxylic acids is 2. The number of carbonyl (C=O) groups is 2. The first-order valence-electron chi connectivity index (χ1n) is 8.84. The third-order valence-corrected chi connectivity index (χ3v) is 4.51. The van der Waals surface area contributed by atoms with Crippen LogP contribution in [0.15, 0.2) is 42.5 Å². The molecule has 1 amide bonds. The number of aryl methyl sites for hydroxylation is 1. The van der Waals surface area contributed by atoms with Gasteiger partial charge in [0, 0.05) is 18.7 Å². The molecule has 2 aromatic carbocycles. The number of hydrogen-bond donors (Lipinski definition) is 0. The van der Waals surface area contributed by atoms with Crippen molar-refractivity contribution in [1.82, 2.24) is 0 Å². The average molecular weight is 382 g/mol. The highest BCUT2D eigenvalue weighted by molar-refractivity contribution is 5.99. The first kappa shape index (κ1) is 19.4. The SMILES string of the molecule is Cc1ccc(N2C[C@@H](C(=O)OCCOc3ccc(C#N)cc3)CC2=O)cc1F. The third kappa shape index (κ3) is 4.46. The number of rotatable bonds is 6. The highest BCUT2D eigenvalue weighted by Crippen LogP contribution is 2.27. The van der Waals surface area contributed by atoms with E-state index in [1.165, 1.54) is 11.0 Å². The number of hydrogen-bond acceptors (Lipinski definition) is 5. The Labute approximate surface area is 162 Å². The van der Waals surface area contributed by atoms with Gasteiger partial charge in [-0.15, -0.1) is 0 Å². The van der Waals surface area contributed by atoms with Crippen LogP contribution in [0.5, 0.6) is 5.75 Å². The fourth-order valence-corrected chi connectivity index (χ4v) is 2.91. The number of benzene rings is 2. The molecule has 28 heavy (non-hydrogen) atoms. The van der Waals surface area contributed by atoms with Gasteiger partial charge >= 0.3 is 5.97 Å². The smallest absolute Gasteiger partial charge is 0.311 e. The molecule has 0 aliphatic carbocycles. The van der Waals surface area contributed by atoms with Crippen molar-refractivity contribution >= 4 is 17.6 Å². The van der Waals surface area contributed by atoms with Crippen LogP contribution in [-0.2, 0) is 14.3 Å². The van der Waals surface area contributed by atoms with Gasteiger partial charge in [0.25, 0.3) is 0 Å². The molecule has 0 spiro atoms. The summed E-state index contributed by atoms with van der Waals surface area (Å²) < 4.78 is 24.4. The molecule has 0 unspecified atom stereocenters. The number of amides is 1. The Morgan fingerprint density at radius 3 is 2.68 bits per heavy atom. The normalized spacial score (nSPS) is 16.0. The van der Waals surface area contributed by atoms with E-state index in [9.17, 15) is 14.0 Å². The van der Waals surface area contributed by atoms with Crippen LogP contribution in [0.3, 0.4) is 0 Å². The Hall–Kier alpha value is -3.40. The highest BCUT2D eigenvalue weighted by atomic mass is 19.1. The van der Waals surface area contributed by atoms with Gasteiger partial charge in [-0.05, 0) is 48.9 Å². The summed E-state index contributed by atoms with van der Waals surface area (Å²) in [7, 11) is 0. The maximum Gasteiger partial charge on any atom is 0.311 e. The number of nitriles is 1. The van der Waals surface area contributed by atoms with Gasteiger partial charge in [0.05, 0.1) is 17.6 Å². The van der Waals surface area contributed by atoms with Crippen LogP contribution in [0.1, 0.15) is 17.5 Å². The zero-order valence-corrected chi connectivity index (χ0v) is 15.4. The lowest BCUT2D eigenvalue weighted by Gasteiger charge is -2.17. The molecule has 3 rings (SSSR count). The van der Waals surface area contributed by atoms with E-state index in [0.29, 0.717) is 22.6 Å². The second-order valence-corrected chi connectivity index (χ2v) is 6.49. The predicted octanol–water partition coefficient (Wildman–Crippen LogP) is 2.98. The standard InChI is InChI=1S/C21H19FN2O4/c1-14-2-5-17(11-19(14)22)24-13-16(10-20(24)25)21(26)28-9-8-27-18-6-3-15(12-23)4-7-18/h2-7,11,16H,8-10,13H2,1H3/t16-/m0/s1. The third-order valence-electron chi connectivity index (χ3n) is 4.51. The van der Waals surface area contributed by atoms with Crippen LogP contribution < -0.4 is 9.64 Å². The highest BCUT2D eigenvalue weighted by Gasteiger charge is 2.36. The largest absolute Gasteiger partial charge is 0.490 e. The Morgan fingerprint density at radius 2 is 2.00 bits per heavy atom. The molecule has 0 bridgehead atoms. The van der Waals surface area contributed by atoms with E-state index in [1.54, 1.807) is 43.3 Å². The van der Waals surface area contributed by atoms with Crippen LogP contribution >= 0.6 is 0 Å². The minimum atomic E-state index is -0.591. The molecule has 1 aliphatic heterocycles. The minimum Gasteiger partial charge on any atom is -0.490 e. The molecular weight excluding hydrogens is 363 g/mol. The van der Waals surface area contributed by atoms with Crippen molar-refractivity contribution in [1.29, 1.82) is 5.26 Å². The number of esters is 1. The van der Waals surface area contributed by atoms with Gasteiger partial charge in [0.1, 0.15) is 24.8 Å². The fourth-order valence-electron chi connectivity index (χ4n) is 2.91. The van der Waals surface area contributed by atoms with E-state index in [0.717, 1.165) is 0 Å². The van der Waals surface area contributed by atoms with E-state index in [1.807, 2.05) is 6.07 Å². The quantitative estimate of drug-likeness (QED) is 0.567. The van der Waals surface area contributed by atoms with Gasteiger partial charge in [0.15, 0.2) is 0 Å². The van der Waals surface area contributed by atoms with Crippen molar-refractivity contribution in [2.75, 3.05) is 24.7 Å². The zero-order valence-electron chi connectivity index (χ0n) is 15.4. The molecule has 6 nitrogen and oxygen atoms in total. The minimum absolute atomic E-state index is 0.0325. The summed E-state index contributed by atoms with van der Waals surface area (Å²) in [6.45, 7) is 2.01. The molecule has 144 valence electrons. The van der Waals surface area contributed by atoms with Crippen LogP contribution in [0.4, 0.5) is 10.1 Å². The van der Waals surface area contributed by atoms with E-state index < -0.39 is 17.7 Å². The number of ether oxygens (including phenoxy) is 2. The molecule has 0 radical (unpaired) electrons. The van der Waals surface area contributed by atoms with E-state index in [2.05, 4.69) is 0 Å². The maximum atomic E-state index is 13.7. The van der Waals surface area contributed by atoms with E-state index >= 15 is 0 Å². The number of nitrogens with zero attached hydrogens (tertiary/aromatic N) is 2. The molecule has 1 saturated heterocycles. The summed E-state index contributed by atoms with van der Waals surface area (Å²) in [5.74, 6) is -1.13. The molecule has 2 aromatic rings. The average Bonchev–Trinajstić information content (AvgIpc) is 3.09. The Bertz CT molecular complexity index is 921. The van der Waals surface area contributed by atoms with Crippen LogP contribution in [0, 0.1) is 30.0 Å². The Kier molecular flexibility index (Phi) is 5.90. The Balaban J connectivity index is 1.47. The maximum absolute atomic E-state index is 13.7. The van der Waals surface area contributed by atoms with Crippen molar-refractivity contribution in [3.63, 3.8) is 0 Å². The van der Waals surface area contributed by atoms with Gasteiger partial charge in [-0.3, -0.25) is 9.59 Å². The van der Waals surface area contributed by atoms with Crippen molar-refractivity contribution in [2.45, 2.75) is 13.3 Å². The lowest BCUT2D eigenvalue weighted by Crippen LogP contribution is -2.27. The Morgan fingerprint density at radius 1 is 1.25 bits per heavy atom. The van der Waals surface area contributed by atoms with Gasteiger partial charge in [-0.1, -0.05) is 6.07 Å². The summed E-state index contributed by atoms with van der Waals surface area (Å²) in [5.41, 5.74) is 1.46. The lowest BCUT2D eigenvalue weighted by molar-refractivity contribution is -0.149. The molecule has 0 saturated carbocycles. The van der Waals surface area contributed by atoms with Crippen molar-refractivity contribution in [3.8, 4) is 11.8 Å². The molecule has 1 atom stereocenters. The second-order valence-electron chi connectivity index (χ2n) is 6.49. The summed E-state index contributed by atoms with van der Waals surface area (Å²) >= 11 is 0. The van der Waals surface area contributed by atoms with Crippen molar-refractivity contribution in [3.05, 3.63) is 59.4 Å². The second kappa shape index (κ2) is 8.53. The topological polar surface area (TPSA) is 79.6 Å². The summed E-state index contributed by atoms with van der Waals surface area (Å²) in [5, 5.41) is 8.75. The molecule has 1 heterocycles. The number of halogens is 1. The van der Waals surface area contributed by atoms with Crippen molar-refractivity contribution < 1.29 is 23.5 Å².